The summed E-state index contributed by atoms with van der Waals surface area (Å²) in [4.78, 5) is 32.5. The van der Waals surface area contributed by atoms with Crippen molar-refractivity contribution in [3.63, 3.8) is 0 Å². The molecule has 2 N–H and O–H groups in total. The van der Waals surface area contributed by atoms with Crippen LogP contribution in [0.1, 0.15) is 65.7 Å². The molecular weight excluding hydrogens is 450 g/mol. The molecule has 2 aromatic carbocycles. The lowest BCUT2D eigenvalue weighted by Crippen LogP contribution is -2.49. The minimum absolute atomic E-state index is 0.0112. The number of rotatable bonds is 7. The van der Waals surface area contributed by atoms with E-state index in [1.54, 1.807) is 24.4 Å². The first kappa shape index (κ1) is 24.6. The predicted molar refractivity (Wildman–Crippen MR) is 141 cm³/mol. The number of aromatic nitrogens is 1. The highest BCUT2D eigenvalue weighted by Crippen LogP contribution is 2.30. The third-order valence-corrected chi connectivity index (χ3v) is 8.07. The molecule has 0 spiro atoms. The molecule has 1 saturated heterocycles. The van der Waals surface area contributed by atoms with E-state index >= 15 is 0 Å². The number of ketones is 1. The van der Waals surface area contributed by atoms with E-state index in [0.29, 0.717) is 29.9 Å². The number of nitrogens with one attached hydrogen (secondary N) is 1. The molecule has 188 valence electrons. The monoisotopic (exact) mass is 485 g/mol. The molecule has 0 bridgehead atoms. The van der Waals surface area contributed by atoms with Gasteiger partial charge in [0.15, 0.2) is 5.78 Å². The Morgan fingerprint density at radius 1 is 0.944 bits per heavy atom. The largest absolute Gasteiger partial charge is 0.382 e. The third-order valence-electron chi connectivity index (χ3n) is 8.07. The highest BCUT2D eigenvalue weighted by molar-refractivity contribution is 6.06. The molecule has 1 amide bonds. The lowest BCUT2D eigenvalue weighted by atomic mass is 9.82. The summed E-state index contributed by atoms with van der Waals surface area (Å²) >= 11 is 0. The van der Waals surface area contributed by atoms with Crippen molar-refractivity contribution in [2.45, 2.75) is 56.6 Å². The van der Waals surface area contributed by atoms with Crippen LogP contribution in [0, 0.1) is 5.92 Å². The van der Waals surface area contributed by atoms with Gasteiger partial charge in [0.25, 0.3) is 5.91 Å². The summed E-state index contributed by atoms with van der Waals surface area (Å²) in [6.07, 6.45) is 8.05. The second kappa shape index (κ2) is 10.9. The molecule has 36 heavy (non-hydrogen) atoms. The van der Waals surface area contributed by atoms with Crippen LogP contribution < -0.4 is 5.32 Å². The number of hydrogen-bond acceptors (Lipinski definition) is 5. The fraction of sp³-hybridized carbons (Fsp3) is 0.433. The van der Waals surface area contributed by atoms with Crippen molar-refractivity contribution in [2.75, 3.05) is 19.6 Å². The average Bonchev–Trinajstić information content (AvgIpc) is 2.93. The number of pyridine rings is 1. The van der Waals surface area contributed by atoms with Gasteiger partial charge in [-0.15, -0.1) is 0 Å². The number of likely N-dealkylation sites (tertiary alicyclic amines) is 1. The highest BCUT2D eigenvalue weighted by Gasteiger charge is 2.39. The third kappa shape index (κ3) is 5.50. The molecule has 1 aliphatic heterocycles. The smallest absolute Gasteiger partial charge is 0.252 e. The van der Waals surface area contributed by atoms with Gasteiger partial charge < -0.3 is 15.3 Å². The first-order valence-corrected chi connectivity index (χ1v) is 13.2. The number of carbonyl (C=O) groups is 2. The summed E-state index contributed by atoms with van der Waals surface area (Å²) in [5.74, 6) is 0.498. The van der Waals surface area contributed by atoms with E-state index in [1.165, 1.54) is 0 Å². The summed E-state index contributed by atoms with van der Waals surface area (Å²) in [5, 5.41) is 15.1. The SMILES string of the molecule is O=C(NC1CCC(CCN2CCC(O)(C(=O)c3ccccc3)CC2)CC1)c1ccnc2ccccc12. The Bertz CT molecular complexity index is 1190. The van der Waals surface area contributed by atoms with E-state index in [-0.39, 0.29) is 17.7 Å². The predicted octanol–water partition coefficient (Wildman–Crippen LogP) is 4.62. The second-order valence-corrected chi connectivity index (χ2v) is 10.4. The van der Waals surface area contributed by atoms with E-state index in [2.05, 4.69) is 15.2 Å². The molecule has 6 nitrogen and oxygen atoms in total. The number of aliphatic hydroxyl groups is 1. The van der Waals surface area contributed by atoms with Crippen LogP contribution in [0.2, 0.25) is 0 Å². The Balaban J connectivity index is 1.05. The molecular formula is C30H35N3O3. The van der Waals surface area contributed by atoms with Crippen LogP contribution in [0.5, 0.6) is 0 Å². The number of fused-ring (bicyclic) bond motifs is 1. The van der Waals surface area contributed by atoms with E-state index in [0.717, 1.165) is 62.6 Å². The number of piperidine rings is 1. The van der Waals surface area contributed by atoms with Gasteiger partial charge in [-0.2, -0.15) is 0 Å². The van der Waals surface area contributed by atoms with E-state index in [1.807, 2.05) is 42.5 Å². The maximum Gasteiger partial charge on any atom is 0.252 e. The van der Waals surface area contributed by atoms with Gasteiger partial charge >= 0.3 is 0 Å². The van der Waals surface area contributed by atoms with Crippen LogP contribution >= 0.6 is 0 Å². The van der Waals surface area contributed by atoms with Gasteiger partial charge in [0.05, 0.1) is 11.1 Å². The van der Waals surface area contributed by atoms with Crippen molar-refractivity contribution in [1.29, 1.82) is 0 Å². The number of Topliss-reactive ketones (excluding diaryl/α,β-unsaturated/α-hetero) is 1. The van der Waals surface area contributed by atoms with Gasteiger partial charge in [0.1, 0.15) is 5.60 Å². The Morgan fingerprint density at radius 3 is 2.39 bits per heavy atom. The molecule has 1 saturated carbocycles. The number of nitrogens with zero attached hydrogens (tertiary/aromatic N) is 2. The molecule has 2 heterocycles. The van der Waals surface area contributed by atoms with Crippen LogP contribution in [0.3, 0.4) is 0 Å². The number of para-hydroxylation sites is 1. The van der Waals surface area contributed by atoms with Gasteiger partial charge in [0.2, 0.25) is 0 Å². The molecule has 1 aromatic heterocycles. The summed E-state index contributed by atoms with van der Waals surface area (Å²) in [7, 11) is 0. The molecule has 6 heteroatoms. The molecule has 1 aliphatic carbocycles. The van der Waals surface area contributed by atoms with Gasteiger partial charge in [-0.1, -0.05) is 48.5 Å². The van der Waals surface area contributed by atoms with E-state index < -0.39 is 5.60 Å². The van der Waals surface area contributed by atoms with Crippen LogP contribution in [0.4, 0.5) is 0 Å². The number of hydrogen-bond donors (Lipinski definition) is 2. The van der Waals surface area contributed by atoms with Crippen LogP contribution in [-0.4, -0.2) is 58.0 Å². The van der Waals surface area contributed by atoms with Crippen molar-refractivity contribution in [1.82, 2.24) is 15.2 Å². The van der Waals surface area contributed by atoms with E-state index in [9.17, 15) is 14.7 Å². The minimum Gasteiger partial charge on any atom is -0.382 e. The summed E-state index contributed by atoms with van der Waals surface area (Å²) < 4.78 is 0. The summed E-state index contributed by atoms with van der Waals surface area (Å²) in [6, 6.07) is 18.9. The van der Waals surface area contributed by atoms with Crippen LogP contribution in [0.15, 0.2) is 66.9 Å². The maximum atomic E-state index is 12.9. The van der Waals surface area contributed by atoms with Gasteiger partial charge in [0, 0.05) is 36.3 Å². The fourth-order valence-electron chi connectivity index (χ4n) is 5.75. The molecule has 0 atom stereocenters. The first-order valence-electron chi connectivity index (χ1n) is 13.2. The Hall–Kier alpha value is -3.09. The zero-order chi connectivity index (χ0) is 25.0. The maximum absolute atomic E-state index is 12.9. The lowest BCUT2D eigenvalue weighted by molar-refractivity contribution is -0.00738. The van der Waals surface area contributed by atoms with Crippen molar-refractivity contribution in [3.05, 3.63) is 78.0 Å². The van der Waals surface area contributed by atoms with Crippen molar-refractivity contribution >= 4 is 22.6 Å². The minimum atomic E-state index is -1.24. The Kier molecular flexibility index (Phi) is 7.44. The van der Waals surface area contributed by atoms with Gasteiger partial charge in [-0.05, 0) is 69.5 Å². The van der Waals surface area contributed by atoms with Gasteiger partial charge in [-0.25, -0.2) is 0 Å². The zero-order valence-corrected chi connectivity index (χ0v) is 20.7. The number of amides is 1. The number of carbonyl (C=O) groups excluding carboxylic acids is 2. The lowest BCUT2D eigenvalue weighted by Gasteiger charge is -2.38. The van der Waals surface area contributed by atoms with Crippen molar-refractivity contribution in [3.8, 4) is 0 Å². The molecule has 5 rings (SSSR count). The topological polar surface area (TPSA) is 82.5 Å². The molecule has 3 aromatic rings. The van der Waals surface area contributed by atoms with Crippen LogP contribution in [-0.2, 0) is 0 Å². The fourth-order valence-corrected chi connectivity index (χ4v) is 5.75. The summed E-state index contributed by atoms with van der Waals surface area (Å²) in [6.45, 7) is 2.50. The van der Waals surface area contributed by atoms with E-state index in [4.69, 9.17) is 0 Å². The van der Waals surface area contributed by atoms with Crippen molar-refractivity contribution in [2.24, 2.45) is 5.92 Å². The summed E-state index contributed by atoms with van der Waals surface area (Å²) in [5.41, 5.74) is 0.885. The highest BCUT2D eigenvalue weighted by atomic mass is 16.3. The van der Waals surface area contributed by atoms with Crippen molar-refractivity contribution < 1.29 is 14.7 Å². The number of benzene rings is 2. The molecule has 2 fully saturated rings. The molecule has 0 unspecified atom stereocenters. The molecule has 2 aliphatic rings. The van der Waals surface area contributed by atoms with Crippen LogP contribution in [0.25, 0.3) is 10.9 Å². The second-order valence-electron chi connectivity index (χ2n) is 10.4. The quantitative estimate of drug-likeness (QED) is 0.477. The standard InChI is InChI=1S/C30H35N3O3/c34-28(23-6-2-1-3-7-23)30(36)16-20-33(21-17-30)19-15-22-10-12-24(13-11-22)32-29(35)26-14-18-31-27-9-5-4-8-25(26)27/h1-9,14,18,22,24,36H,10-13,15-17,19-21H2,(H,32,35). The zero-order valence-electron chi connectivity index (χ0n) is 20.7. The molecule has 0 radical (unpaired) electrons. The normalized spacial score (nSPS) is 22.2. The van der Waals surface area contributed by atoms with Gasteiger partial charge in [-0.3, -0.25) is 14.6 Å². The Labute approximate surface area is 212 Å². The first-order chi connectivity index (χ1) is 17.5. The average molecular weight is 486 g/mol. The Morgan fingerprint density at radius 2 is 1.64 bits per heavy atom.